The van der Waals surface area contributed by atoms with Gasteiger partial charge in [-0.1, -0.05) is 0 Å². The maximum atomic E-state index is 15.5. The third kappa shape index (κ3) is 3.38. The van der Waals surface area contributed by atoms with E-state index in [0.29, 0.717) is 12.1 Å². The Morgan fingerprint density at radius 3 is 1.76 bits per heavy atom. The first-order chi connectivity index (χ1) is 17.9. The molecule has 1 N–H and O–H groups in total. The first-order valence-corrected chi connectivity index (χ1v) is 10.6. The van der Waals surface area contributed by atoms with E-state index in [1.165, 1.54) is 0 Å². The summed E-state index contributed by atoms with van der Waals surface area (Å²) in [7, 11) is 0. The van der Waals surface area contributed by atoms with Crippen LogP contribution in [0.4, 0.5) is 17.6 Å². The van der Waals surface area contributed by atoms with E-state index in [0.717, 1.165) is 32.0 Å². The summed E-state index contributed by atoms with van der Waals surface area (Å²) < 4.78 is 81.2. The average Bonchev–Trinajstić information content (AvgIpc) is 3.13. The molecule has 2 aliphatic rings. The largest absolute Gasteiger partial charge is 0.478 e. The van der Waals surface area contributed by atoms with Crippen LogP contribution < -0.4 is 14.2 Å². The van der Waals surface area contributed by atoms with Crippen LogP contribution in [0.5, 0.6) is 23.0 Å². The zero-order valence-corrected chi connectivity index (χ0v) is 19.1. The SMILES string of the molecule is CC(=O)Oc1c(F)cc2c(c1F)Oc1c(cc(F)c(OC(C)=O)c1F)C21OC(=O)c2ccc(C(=O)O)cc21. The summed E-state index contributed by atoms with van der Waals surface area (Å²) in [6, 6.07) is 4.17. The summed E-state index contributed by atoms with van der Waals surface area (Å²) in [6.07, 6.45) is 0. The Bertz CT molecular complexity index is 1550. The standard InChI is InChI=1S/C25H12F4O9/c1-8(30)35-21-15(26)6-13-19(17(21)28)37-20-14(7-16(27)22(18(20)29)36-9(2)31)25(13)12-5-10(23(32)33)3-4-11(12)24(34)38-25/h3-7H,1-2H3,(H,32,33). The summed E-state index contributed by atoms with van der Waals surface area (Å²) in [5.74, 6) is -15.5. The average molecular weight is 532 g/mol. The normalized spacial score (nSPS) is 14.1. The molecule has 0 bridgehead atoms. The van der Waals surface area contributed by atoms with Crippen LogP contribution >= 0.6 is 0 Å². The van der Waals surface area contributed by atoms with Gasteiger partial charge in [-0.15, -0.1) is 0 Å². The summed E-state index contributed by atoms with van der Waals surface area (Å²) in [6.45, 7) is 1.71. The third-order valence-electron chi connectivity index (χ3n) is 5.83. The molecule has 2 aliphatic heterocycles. The molecule has 0 aromatic heterocycles. The summed E-state index contributed by atoms with van der Waals surface area (Å²) in [4.78, 5) is 47.4. The van der Waals surface area contributed by atoms with Gasteiger partial charge in [0.05, 0.1) is 22.3 Å². The van der Waals surface area contributed by atoms with E-state index in [9.17, 15) is 24.3 Å². The second-order valence-corrected chi connectivity index (χ2v) is 8.18. The number of hydrogen-bond donors (Lipinski definition) is 1. The maximum Gasteiger partial charge on any atom is 0.340 e. The number of carboxylic acids is 1. The molecular weight excluding hydrogens is 520 g/mol. The number of esters is 3. The molecule has 0 unspecified atom stereocenters. The molecule has 2 heterocycles. The van der Waals surface area contributed by atoms with E-state index in [4.69, 9.17) is 9.47 Å². The number of aromatic carboxylic acids is 1. The second kappa shape index (κ2) is 8.30. The van der Waals surface area contributed by atoms with Crippen molar-refractivity contribution in [1.82, 2.24) is 0 Å². The first kappa shape index (κ1) is 24.7. The van der Waals surface area contributed by atoms with Crippen molar-refractivity contribution >= 4 is 23.9 Å². The molecule has 0 saturated carbocycles. The van der Waals surface area contributed by atoms with Gasteiger partial charge in [-0.05, 0) is 30.3 Å². The minimum Gasteiger partial charge on any atom is -0.478 e. The monoisotopic (exact) mass is 532 g/mol. The van der Waals surface area contributed by atoms with Crippen LogP contribution in [0.2, 0.25) is 0 Å². The van der Waals surface area contributed by atoms with Crippen molar-refractivity contribution in [3.8, 4) is 23.0 Å². The van der Waals surface area contributed by atoms with Gasteiger partial charge in [0, 0.05) is 19.4 Å². The molecule has 9 nitrogen and oxygen atoms in total. The van der Waals surface area contributed by atoms with E-state index in [1.807, 2.05) is 0 Å². The minimum absolute atomic E-state index is 0.274. The van der Waals surface area contributed by atoms with E-state index >= 15 is 17.6 Å². The topological polar surface area (TPSA) is 125 Å². The van der Waals surface area contributed by atoms with Gasteiger partial charge < -0.3 is 24.1 Å². The Hall–Kier alpha value is -4.94. The number of hydrogen-bond acceptors (Lipinski definition) is 8. The van der Waals surface area contributed by atoms with E-state index in [2.05, 4.69) is 9.47 Å². The Balaban J connectivity index is 1.93. The van der Waals surface area contributed by atoms with Crippen molar-refractivity contribution in [2.45, 2.75) is 19.4 Å². The molecule has 0 radical (unpaired) electrons. The minimum atomic E-state index is -2.53. The van der Waals surface area contributed by atoms with E-state index in [1.54, 1.807) is 0 Å². The van der Waals surface area contributed by atoms with E-state index in [-0.39, 0.29) is 11.1 Å². The Morgan fingerprint density at radius 2 is 1.32 bits per heavy atom. The number of fused-ring (bicyclic) bond motifs is 6. The predicted molar refractivity (Wildman–Crippen MR) is 114 cm³/mol. The van der Waals surface area contributed by atoms with Gasteiger partial charge in [0.2, 0.25) is 23.1 Å². The fraction of sp³-hybridized carbons (Fsp3) is 0.120. The molecule has 0 aliphatic carbocycles. The third-order valence-corrected chi connectivity index (χ3v) is 5.83. The molecule has 3 aromatic rings. The number of halogens is 4. The summed E-state index contributed by atoms with van der Waals surface area (Å²) in [5.41, 5.74) is -4.80. The number of benzene rings is 3. The van der Waals surface area contributed by atoms with Crippen molar-refractivity contribution in [1.29, 1.82) is 0 Å². The zero-order valence-electron chi connectivity index (χ0n) is 19.1. The molecule has 13 heteroatoms. The van der Waals surface area contributed by atoms with Crippen LogP contribution in [0.3, 0.4) is 0 Å². The lowest BCUT2D eigenvalue weighted by Crippen LogP contribution is -2.34. The highest BCUT2D eigenvalue weighted by Crippen LogP contribution is 2.59. The highest BCUT2D eigenvalue weighted by Gasteiger charge is 2.56. The lowest BCUT2D eigenvalue weighted by Gasteiger charge is -2.37. The number of rotatable bonds is 3. The maximum absolute atomic E-state index is 15.5. The smallest absolute Gasteiger partial charge is 0.340 e. The molecule has 194 valence electrons. The van der Waals surface area contributed by atoms with Crippen LogP contribution in [0.25, 0.3) is 0 Å². The fourth-order valence-electron chi connectivity index (χ4n) is 4.41. The van der Waals surface area contributed by atoms with Gasteiger partial charge in [-0.3, -0.25) is 9.59 Å². The lowest BCUT2D eigenvalue weighted by molar-refractivity contribution is -0.133. The molecule has 3 aromatic carbocycles. The molecule has 0 atom stereocenters. The van der Waals surface area contributed by atoms with Gasteiger partial charge in [-0.2, -0.15) is 8.78 Å². The van der Waals surface area contributed by atoms with Crippen molar-refractivity contribution in [3.63, 3.8) is 0 Å². The molecule has 1 spiro atoms. The quantitative estimate of drug-likeness (QED) is 0.298. The molecule has 0 amide bonds. The van der Waals surface area contributed by atoms with Crippen LogP contribution in [0.15, 0.2) is 30.3 Å². The number of carbonyl (C=O) groups is 4. The van der Waals surface area contributed by atoms with Crippen molar-refractivity contribution < 1.29 is 60.8 Å². The molecule has 5 rings (SSSR count). The van der Waals surface area contributed by atoms with Crippen LogP contribution in [0, 0.1) is 23.3 Å². The molecule has 0 saturated heterocycles. The Kier molecular flexibility index (Phi) is 5.40. The first-order valence-electron chi connectivity index (χ1n) is 10.6. The van der Waals surface area contributed by atoms with Crippen LogP contribution in [-0.2, 0) is 19.9 Å². The van der Waals surface area contributed by atoms with E-state index < -0.39 is 92.4 Å². The van der Waals surface area contributed by atoms with Gasteiger partial charge in [0.25, 0.3) is 0 Å². The summed E-state index contributed by atoms with van der Waals surface area (Å²) in [5, 5.41) is 9.49. The highest BCUT2D eigenvalue weighted by atomic mass is 19.1. The van der Waals surface area contributed by atoms with Crippen molar-refractivity contribution in [3.05, 3.63) is 81.4 Å². The number of carbonyl (C=O) groups excluding carboxylic acids is 3. The zero-order chi connectivity index (χ0) is 27.7. The molecule has 38 heavy (non-hydrogen) atoms. The van der Waals surface area contributed by atoms with Crippen molar-refractivity contribution in [2.75, 3.05) is 0 Å². The van der Waals surface area contributed by atoms with Gasteiger partial charge >= 0.3 is 23.9 Å². The van der Waals surface area contributed by atoms with Crippen LogP contribution in [0.1, 0.15) is 51.3 Å². The predicted octanol–water partition coefficient (Wildman–Crippen LogP) is 4.36. The van der Waals surface area contributed by atoms with Gasteiger partial charge in [0.1, 0.15) is 0 Å². The number of carboxylic acid groups (broad SMARTS) is 1. The summed E-state index contributed by atoms with van der Waals surface area (Å²) >= 11 is 0. The van der Waals surface area contributed by atoms with Gasteiger partial charge in [-0.25, -0.2) is 18.4 Å². The highest BCUT2D eigenvalue weighted by molar-refractivity contribution is 5.99. The van der Waals surface area contributed by atoms with Crippen molar-refractivity contribution in [2.24, 2.45) is 0 Å². The Labute approximate surface area is 209 Å². The lowest BCUT2D eigenvalue weighted by atomic mass is 9.77. The van der Waals surface area contributed by atoms with Crippen LogP contribution in [-0.4, -0.2) is 29.0 Å². The molecule has 0 fully saturated rings. The van der Waals surface area contributed by atoms with Gasteiger partial charge in [0.15, 0.2) is 28.7 Å². The fourth-order valence-corrected chi connectivity index (χ4v) is 4.41. The Morgan fingerprint density at radius 1 is 0.816 bits per heavy atom. The molecular formula is C25H12F4O9. The number of ether oxygens (including phenoxy) is 4. The second-order valence-electron chi connectivity index (χ2n) is 8.18.